The van der Waals surface area contributed by atoms with E-state index >= 15 is 0 Å². The normalized spacial score (nSPS) is 17.5. The van der Waals surface area contributed by atoms with E-state index in [9.17, 15) is 0 Å². The molecular weight excluding hydrogens is 272 g/mol. The number of aryl methyl sites for hydroxylation is 1. The van der Waals surface area contributed by atoms with Gasteiger partial charge in [0.2, 0.25) is 0 Å². The largest absolute Gasteiger partial charge is 0.356 e. The fraction of sp³-hybridized carbons (Fsp3) is 0.500. The molecule has 1 aliphatic rings. The lowest BCUT2D eigenvalue weighted by atomic mass is 9.84. The summed E-state index contributed by atoms with van der Waals surface area (Å²) in [4.78, 5) is 16.1. The SMILES string of the molecule is Cc1nc(-c2cccnc2)nc(N2CCCC(C)(C)C2)c1C. The number of aromatic nitrogens is 3. The molecule has 0 aromatic carbocycles. The maximum atomic E-state index is 4.87. The number of anilines is 1. The maximum absolute atomic E-state index is 4.87. The van der Waals surface area contributed by atoms with E-state index in [1.165, 1.54) is 18.4 Å². The molecule has 0 N–H and O–H groups in total. The first-order valence-corrected chi connectivity index (χ1v) is 7.97. The van der Waals surface area contributed by atoms with Gasteiger partial charge in [0.25, 0.3) is 0 Å². The zero-order chi connectivity index (χ0) is 15.7. The second-order valence-corrected chi connectivity index (χ2v) is 7.01. The van der Waals surface area contributed by atoms with E-state index in [1.54, 1.807) is 6.20 Å². The first kappa shape index (κ1) is 14.9. The Kier molecular flexibility index (Phi) is 3.85. The van der Waals surface area contributed by atoms with Crippen molar-refractivity contribution in [2.24, 2.45) is 5.41 Å². The van der Waals surface area contributed by atoms with Crippen LogP contribution in [-0.4, -0.2) is 28.0 Å². The van der Waals surface area contributed by atoms with Crippen molar-refractivity contribution in [3.63, 3.8) is 0 Å². The topological polar surface area (TPSA) is 41.9 Å². The lowest BCUT2D eigenvalue weighted by Crippen LogP contribution is -2.41. The molecule has 3 rings (SSSR count). The Labute approximate surface area is 132 Å². The third-order valence-corrected chi connectivity index (χ3v) is 4.48. The van der Waals surface area contributed by atoms with Crippen LogP contribution in [0.4, 0.5) is 5.82 Å². The molecular formula is C18H24N4. The highest BCUT2D eigenvalue weighted by atomic mass is 15.2. The average molecular weight is 296 g/mol. The third kappa shape index (κ3) is 2.96. The van der Waals surface area contributed by atoms with E-state index in [1.807, 2.05) is 18.3 Å². The van der Waals surface area contributed by atoms with Crippen molar-refractivity contribution >= 4 is 5.82 Å². The molecule has 0 unspecified atom stereocenters. The fourth-order valence-corrected chi connectivity index (χ4v) is 3.15. The first-order chi connectivity index (χ1) is 10.5. The lowest BCUT2D eigenvalue weighted by Gasteiger charge is -2.39. The Morgan fingerprint density at radius 1 is 1.18 bits per heavy atom. The van der Waals surface area contributed by atoms with Crippen LogP contribution in [0.15, 0.2) is 24.5 Å². The number of hydrogen-bond donors (Lipinski definition) is 0. The quantitative estimate of drug-likeness (QED) is 0.845. The molecule has 2 aromatic rings. The second kappa shape index (κ2) is 5.67. The summed E-state index contributed by atoms with van der Waals surface area (Å²) in [6.07, 6.45) is 6.10. The van der Waals surface area contributed by atoms with Gasteiger partial charge in [-0.05, 0) is 44.2 Å². The minimum atomic E-state index is 0.345. The summed E-state index contributed by atoms with van der Waals surface area (Å²) in [5, 5.41) is 0. The van der Waals surface area contributed by atoms with Gasteiger partial charge in [0, 0.05) is 42.3 Å². The van der Waals surface area contributed by atoms with Gasteiger partial charge < -0.3 is 4.90 Å². The Morgan fingerprint density at radius 2 is 2.00 bits per heavy atom. The van der Waals surface area contributed by atoms with Gasteiger partial charge in [-0.3, -0.25) is 4.98 Å². The molecule has 4 heteroatoms. The molecule has 0 atom stereocenters. The highest BCUT2D eigenvalue weighted by Crippen LogP contribution is 2.33. The van der Waals surface area contributed by atoms with Gasteiger partial charge in [-0.25, -0.2) is 9.97 Å². The summed E-state index contributed by atoms with van der Waals surface area (Å²) in [5.41, 5.74) is 3.55. The molecule has 22 heavy (non-hydrogen) atoms. The van der Waals surface area contributed by atoms with Crippen molar-refractivity contribution < 1.29 is 0 Å². The molecule has 1 fully saturated rings. The molecule has 0 radical (unpaired) electrons. The predicted molar refractivity (Wildman–Crippen MR) is 90.0 cm³/mol. The van der Waals surface area contributed by atoms with Crippen LogP contribution in [0.25, 0.3) is 11.4 Å². The van der Waals surface area contributed by atoms with Crippen LogP contribution < -0.4 is 4.90 Å². The van der Waals surface area contributed by atoms with E-state index in [0.717, 1.165) is 36.0 Å². The van der Waals surface area contributed by atoms with Crippen LogP contribution in [0, 0.1) is 19.3 Å². The number of hydrogen-bond acceptors (Lipinski definition) is 4. The minimum absolute atomic E-state index is 0.345. The monoisotopic (exact) mass is 296 g/mol. The lowest BCUT2D eigenvalue weighted by molar-refractivity contribution is 0.292. The van der Waals surface area contributed by atoms with Gasteiger partial charge in [-0.1, -0.05) is 13.8 Å². The molecule has 0 bridgehead atoms. The molecule has 1 aliphatic heterocycles. The van der Waals surface area contributed by atoms with Crippen LogP contribution in [0.1, 0.15) is 37.9 Å². The molecule has 2 aromatic heterocycles. The van der Waals surface area contributed by atoms with Gasteiger partial charge >= 0.3 is 0 Å². The smallest absolute Gasteiger partial charge is 0.163 e. The van der Waals surface area contributed by atoms with Crippen LogP contribution in [0.3, 0.4) is 0 Å². The summed E-state index contributed by atoms with van der Waals surface area (Å²) in [6, 6.07) is 3.94. The summed E-state index contributed by atoms with van der Waals surface area (Å²) >= 11 is 0. The Balaban J connectivity index is 2.02. The maximum Gasteiger partial charge on any atom is 0.163 e. The minimum Gasteiger partial charge on any atom is -0.356 e. The van der Waals surface area contributed by atoms with Crippen molar-refractivity contribution in [2.75, 3.05) is 18.0 Å². The van der Waals surface area contributed by atoms with Crippen molar-refractivity contribution in [3.05, 3.63) is 35.8 Å². The zero-order valence-electron chi connectivity index (χ0n) is 13.9. The summed E-state index contributed by atoms with van der Waals surface area (Å²) in [6.45, 7) is 11.0. The molecule has 116 valence electrons. The van der Waals surface area contributed by atoms with Gasteiger partial charge in [-0.2, -0.15) is 0 Å². The number of pyridine rings is 1. The fourth-order valence-electron chi connectivity index (χ4n) is 3.15. The number of rotatable bonds is 2. The van der Waals surface area contributed by atoms with E-state index < -0.39 is 0 Å². The third-order valence-electron chi connectivity index (χ3n) is 4.48. The standard InChI is InChI=1S/C18H24N4/c1-13-14(2)20-16(15-7-5-9-19-11-15)21-17(13)22-10-6-8-18(3,4)12-22/h5,7,9,11H,6,8,10,12H2,1-4H3. The second-order valence-electron chi connectivity index (χ2n) is 7.01. The molecule has 0 spiro atoms. The predicted octanol–water partition coefficient (Wildman–Crippen LogP) is 3.78. The van der Waals surface area contributed by atoms with Gasteiger partial charge in [0.1, 0.15) is 5.82 Å². The molecule has 4 nitrogen and oxygen atoms in total. The van der Waals surface area contributed by atoms with Gasteiger partial charge in [-0.15, -0.1) is 0 Å². The molecule has 0 aliphatic carbocycles. The van der Waals surface area contributed by atoms with E-state index in [4.69, 9.17) is 4.98 Å². The summed E-state index contributed by atoms with van der Waals surface area (Å²) in [7, 11) is 0. The Morgan fingerprint density at radius 3 is 2.68 bits per heavy atom. The van der Waals surface area contributed by atoms with E-state index in [2.05, 4.69) is 42.6 Å². The van der Waals surface area contributed by atoms with Crippen molar-refractivity contribution in [1.29, 1.82) is 0 Å². The first-order valence-electron chi connectivity index (χ1n) is 7.97. The number of piperidine rings is 1. The number of nitrogens with zero attached hydrogens (tertiary/aromatic N) is 4. The van der Waals surface area contributed by atoms with Crippen molar-refractivity contribution in [1.82, 2.24) is 15.0 Å². The molecule has 0 amide bonds. The molecule has 0 saturated carbocycles. The van der Waals surface area contributed by atoms with Crippen molar-refractivity contribution in [3.8, 4) is 11.4 Å². The van der Waals surface area contributed by atoms with Crippen molar-refractivity contribution in [2.45, 2.75) is 40.5 Å². The zero-order valence-corrected chi connectivity index (χ0v) is 13.9. The highest BCUT2D eigenvalue weighted by Gasteiger charge is 2.28. The summed E-state index contributed by atoms with van der Waals surface area (Å²) < 4.78 is 0. The molecule has 3 heterocycles. The van der Waals surface area contributed by atoms with Crippen LogP contribution >= 0.6 is 0 Å². The van der Waals surface area contributed by atoms with Crippen LogP contribution in [-0.2, 0) is 0 Å². The van der Waals surface area contributed by atoms with E-state index in [-0.39, 0.29) is 0 Å². The summed E-state index contributed by atoms with van der Waals surface area (Å²) in [5.74, 6) is 1.86. The van der Waals surface area contributed by atoms with Gasteiger partial charge in [0.15, 0.2) is 5.82 Å². The Hall–Kier alpha value is -1.97. The highest BCUT2D eigenvalue weighted by molar-refractivity contribution is 5.59. The molecule has 1 saturated heterocycles. The average Bonchev–Trinajstić information content (AvgIpc) is 2.49. The Bertz CT molecular complexity index is 664. The van der Waals surface area contributed by atoms with E-state index in [0.29, 0.717) is 5.41 Å². The van der Waals surface area contributed by atoms with Crippen LogP contribution in [0.2, 0.25) is 0 Å². The van der Waals surface area contributed by atoms with Gasteiger partial charge in [0.05, 0.1) is 0 Å². The van der Waals surface area contributed by atoms with Crippen LogP contribution in [0.5, 0.6) is 0 Å².